The van der Waals surface area contributed by atoms with Gasteiger partial charge in [0.1, 0.15) is 5.82 Å². The molecule has 2 aromatic carbocycles. The van der Waals surface area contributed by atoms with E-state index in [1.807, 2.05) is 13.0 Å². The average molecular weight is 403 g/mol. The van der Waals surface area contributed by atoms with Gasteiger partial charge in [-0.2, -0.15) is 0 Å². The van der Waals surface area contributed by atoms with Gasteiger partial charge in [-0.3, -0.25) is 9.59 Å². The molecule has 2 amide bonds. The van der Waals surface area contributed by atoms with Crippen LogP contribution in [-0.2, 0) is 9.53 Å². The molecule has 1 fully saturated rings. The number of carbonyl (C=O) groups excluding carboxylic acids is 2. The first kappa shape index (κ1) is 20.0. The van der Waals surface area contributed by atoms with E-state index < -0.39 is 11.7 Å². The van der Waals surface area contributed by atoms with Gasteiger partial charge in [0.25, 0.3) is 5.91 Å². The second kappa shape index (κ2) is 8.12. The Morgan fingerprint density at radius 3 is 2.71 bits per heavy atom. The topological polar surface area (TPSA) is 72.6 Å². The number of morpholine rings is 1. The molecule has 0 unspecified atom stereocenters. The highest BCUT2D eigenvalue weighted by Gasteiger charge is 2.31. The molecule has 0 spiro atoms. The van der Waals surface area contributed by atoms with Gasteiger partial charge in [0, 0.05) is 11.6 Å². The first-order valence-electron chi connectivity index (χ1n) is 8.75. The number of benzene rings is 2. The maximum absolute atomic E-state index is 13.8. The minimum atomic E-state index is -0.848. The fraction of sp³-hybridized carbons (Fsp3) is 0.238. The van der Waals surface area contributed by atoms with Crippen LogP contribution in [0.1, 0.15) is 28.9 Å². The lowest BCUT2D eigenvalue weighted by atomic mass is 9.96. The van der Waals surface area contributed by atoms with Crippen LogP contribution in [0.3, 0.4) is 0 Å². The van der Waals surface area contributed by atoms with Crippen molar-refractivity contribution in [3.05, 3.63) is 71.0 Å². The van der Waals surface area contributed by atoms with Crippen LogP contribution in [0.2, 0.25) is 5.02 Å². The molecule has 2 N–H and O–H groups in total. The van der Waals surface area contributed by atoms with E-state index >= 15 is 0 Å². The summed E-state index contributed by atoms with van der Waals surface area (Å²) in [4.78, 5) is 25.5. The molecule has 1 saturated heterocycles. The van der Waals surface area contributed by atoms with Gasteiger partial charge in [-0.15, -0.1) is 0 Å². The van der Waals surface area contributed by atoms with Crippen LogP contribution in [0.5, 0.6) is 0 Å². The van der Waals surface area contributed by atoms with E-state index in [1.165, 1.54) is 18.2 Å². The number of primary amides is 1. The standard InChI is InChI=1S/C21H20ClFN2O3/c1-3-20(26)25-10-12(2)28-11-19(25)15-6-14(7-16(22)8-15)13-4-5-18(23)17(9-13)21(24)27/h3-9,12,19H,1,10-11H2,2H3,(H2,24,27)/t12-,19-/m1/s1. The summed E-state index contributed by atoms with van der Waals surface area (Å²) in [6.45, 7) is 6.21. The third-order valence-electron chi connectivity index (χ3n) is 4.70. The van der Waals surface area contributed by atoms with Crippen molar-refractivity contribution in [1.82, 2.24) is 4.90 Å². The van der Waals surface area contributed by atoms with E-state index in [0.29, 0.717) is 29.3 Å². The molecule has 1 aliphatic rings. The summed E-state index contributed by atoms with van der Waals surface area (Å²) in [5.74, 6) is -1.73. The Bertz CT molecular complexity index is 947. The quantitative estimate of drug-likeness (QED) is 0.792. The van der Waals surface area contributed by atoms with E-state index in [0.717, 1.165) is 5.56 Å². The molecule has 1 aliphatic heterocycles. The highest BCUT2D eigenvalue weighted by atomic mass is 35.5. The van der Waals surface area contributed by atoms with Crippen LogP contribution in [-0.4, -0.2) is 36.0 Å². The van der Waals surface area contributed by atoms with Gasteiger partial charge in [0.15, 0.2) is 0 Å². The van der Waals surface area contributed by atoms with E-state index in [9.17, 15) is 14.0 Å². The number of halogens is 2. The fourth-order valence-electron chi connectivity index (χ4n) is 3.30. The lowest BCUT2D eigenvalue weighted by molar-refractivity contribution is -0.139. The Labute approximate surface area is 167 Å². The molecule has 0 saturated carbocycles. The lowest BCUT2D eigenvalue weighted by Crippen LogP contribution is -2.46. The van der Waals surface area contributed by atoms with Crippen molar-refractivity contribution >= 4 is 23.4 Å². The van der Waals surface area contributed by atoms with Crippen molar-refractivity contribution in [2.75, 3.05) is 13.2 Å². The minimum absolute atomic E-state index is 0.0889. The van der Waals surface area contributed by atoms with Crippen LogP contribution >= 0.6 is 11.6 Å². The van der Waals surface area contributed by atoms with Gasteiger partial charge in [0.05, 0.1) is 24.3 Å². The summed E-state index contributed by atoms with van der Waals surface area (Å²) in [5, 5.41) is 0.446. The van der Waals surface area contributed by atoms with Crippen molar-refractivity contribution in [2.45, 2.75) is 19.1 Å². The van der Waals surface area contributed by atoms with Crippen molar-refractivity contribution in [2.24, 2.45) is 5.73 Å². The zero-order chi connectivity index (χ0) is 20.4. The molecule has 1 heterocycles. The molecule has 3 rings (SSSR count). The predicted octanol–water partition coefficient (Wildman–Crippen LogP) is 3.72. The molecule has 28 heavy (non-hydrogen) atoms. The monoisotopic (exact) mass is 402 g/mol. The SMILES string of the molecule is C=CC(=O)N1C[C@@H](C)OC[C@@H]1c1cc(Cl)cc(-c2ccc(F)c(C(N)=O)c2)c1. The highest BCUT2D eigenvalue weighted by Crippen LogP contribution is 2.33. The van der Waals surface area contributed by atoms with Gasteiger partial charge in [-0.05, 0) is 60.0 Å². The van der Waals surface area contributed by atoms with Crippen LogP contribution in [0.4, 0.5) is 4.39 Å². The van der Waals surface area contributed by atoms with Crippen LogP contribution < -0.4 is 5.73 Å². The zero-order valence-corrected chi connectivity index (χ0v) is 16.1. The van der Waals surface area contributed by atoms with Gasteiger partial charge >= 0.3 is 0 Å². The Hall–Kier alpha value is -2.70. The highest BCUT2D eigenvalue weighted by molar-refractivity contribution is 6.31. The summed E-state index contributed by atoms with van der Waals surface area (Å²) >= 11 is 6.31. The largest absolute Gasteiger partial charge is 0.374 e. The number of carbonyl (C=O) groups is 2. The third kappa shape index (κ3) is 4.08. The van der Waals surface area contributed by atoms with Crippen LogP contribution in [0.25, 0.3) is 11.1 Å². The molecular weight excluding hydrogens is 383 g/mol. The molecule has 0 aliphatic carbocycles. The Balaban J connectivity index is 2.04. The van der Waals surface area contributed by atoms with Crippen LogP contribution in [0.15, 0.2) is 49.1 Å². The first-order chi connectivity index (χ1) is 13.3. The molecule has 0 bridgehead atoms. The number of nitrogens with zero attached hydrogens (tertiary/aromatic N) is 1. The van der Waals surface area contributed by atoms with E-state index in [-0.39, 0.29) is 23.6 Å². The summed E-state index contributed by atoms with van der Waals surface area (Å²) in [7, 11) is 0. The Morgan fingerprint density at radius 1 is 1.29 bits per heavy atom. The number of amides is 2. The summed E-state index contributed by atoms with van der Waals surface area (Å²) in [6.07, 6.45) is 1.18. The number of rotatable bonds is 4. The van der Waals surface area contributed by atoms with E-state index in [2.05, 4.69) is 6.58 Å². The molecule has 0 aromatic heterocycles. The van der Waals surface area contributed by atoms with Crippen molar-refractivity contribution in [1.29, 1.82) is 0 Å². The Kier molecular flexibility index (Phi) is 5.82. The van der Waals surface area contributed by atoms with E-state index in [4.69, 9.17) is 22.1 Å². The van der Waals surface area contributed by atoms with Gasteiger partial charge < -0.3 is 15.4 Å². The normalized spacial score (nSPS) is 19.3. The number of hydrogen-bond acceptors (Lipinski definition) is 3. The van der Waals surface area contributed by atoms with Gasteiger partial charge in [-0.25, -0.2) is 4.39 Å². The van der Waals surface area contributed by atoms with Crippen LogP contribution in [0, 0.1) is 5.82 Å². The molecule has 7 heteroatoms. The van der Waals surface area contributed by atoms with Gasteiger partial charge in [-0.1, -0.05) is 24.2 Å². The third-order valence-corrected chi connectivity index (χ3v) is 4.91. The van der Waals surface area contributed by atoms with Gasteiger partial charge in [0.2, 0.25) is 5.91 Å². The first-order valence-corrected chi connectivity index (χ1v) is 9.12. The summed E-state index contributed by atoms with van der Waals surface area (Å²) < 4.78 is 19.5. The second-order valence-electron chi connectivity index (χ2n) is 6.69. The van der Waals surface area contributed by atoms with Crippen molar-refractivity contribution < 1.29 is 18.7 Å². The van der Waals surface area contributed by atoms with E-state index in [1.54, 1.807) is 23.1 Å². The Morgan fingerprint density at radius 2 is 2.04 bits per heavy atom. The summed E-state index contributed by atoms with van der Waals surface area (Å²) in [6, 6.07) is 9.09. The number of nitrogens with two attached hydrogens (primary N) is 1. The molecule has 146 valence electrons. The lowest BCUT2D eigenvalue weighted by Gasteiger charge is -2.38. The number of hydrogen-bond donors (Lipinski definition) is 1. The molecule has 5 nitrogen and oxygen atoms in total. The maximum atomic E-state index is 13.8. The summed E-state index contributed by atoms with van der Waals surface area (Å²) in [5.41, 5.74) is 7.08. The van der Waals surface area contributed by atoms with Crippen molar-refractivity contribution in [3.8, 4) is 11.1 Å². The second-order valence-corrected chi connectivity index (χ2v) is 7.12. The zero-order valence-electron chi connectivity index (χ0n) is 15.3. The average Bonchev–Trinajstić information content (AvgIpc) is 2.66. The van der Waals surface area contributed by atoms with Crippen molar-refractivity contribution in [3.63, 3.8) is 0 Å². The number of ether oxygens (including phenoxy) is 1. The molecule has 2 atom stereocenters. The molecule has 0 radical (unpaired) electrons. The molecule has 2 aromatic rings. The maximum Gasteiger partial charge on any atom is 0.251 e. The smallest absolute Gasteiger partial charge is 0.251 e. The minimum Gasteiger partial charge on any atom is -0.374 e. The predicted molar refractivity (Wildman–Crippen MR) is 105 cm³/mol. The molecular formula is C21H20ClFN2O3. The fourth-order valence-corrected chi connectivity index (χ4v) is 3.55.